The minimum atomic E-state index is -0.735. The molecule has 0 aliphatic heterocycles. The summed E-state index contributed by atoms with van der Waals surface area (Å²) in [6.45, 7) is 2.02. The van der Waals surface area contributed by atoms with Gasteiger partial charge in [-0.05, 0) is 31.0 Å². The molecule has 0 fully saturated rings. The SMILES string of the molecule is Cc1ccc(CC(C(=O)c2ccccc2)C(=O)c2ccc(Br)cc2)cc1. The van der Waals surface area contributed by atoms with E-state index in [2.05, 4.69) is 15.9 Å². The van der Waals surface area contributed by atoms with Crippen LogP contribution < -0.4 is 0 Å². The quantitative estimate of drug-likeness (QED) is 0.389. The summed E-state index contributed by atoms with van der Waals surface area (Å²) in [5.41, 5.74) is 3.25. The van der Waals surface area contributed by atoms with E-state index in [-0.39, 0.29) is 11.6 Å². The summed E-state index contributed by atoms with van der Waals surface area (Å²) in [6.07, 6.45) is 0.392. The third kappa shape index (κ3) is 4.36. The third-order valence-electron chi connectivity index (χ3n) is 4.38. The molecule has 0 aromatic heterocycles. The number of aryl methyl sites for hydroxylation is 1. The summed E-state index contributed by atoms with van der Waals surface area (Å²) < 4.78 is 0.901. The monoisotopic (exact) mass is 406 g/mol. The van der Waals surface area contributed by atoms with Crippen molar-refractivity contribution >= 4 is 27.5 Å². The lowest BCUT2D eigenvalue weighted by Crippen LogP contribution is -2.26. The molecule has 130 valence electrons. The van der Waals surface area contributed by atoms with E-state index in [4.69, 9.17) is 0 Å². The maximum atomic E-state index is 13.1. The molecular weight excluding hydrogens is 388 g/mol. The summed E-state index contributed by atoms with van der Waals surface area (Å²) >= 11 is 3.38. The molecule has 0 amide bonds. The summed E-state index contributed by atoms with van der Waals surface area (Å²) in [7, 11) is 0. The van der Waals surface area contributed by atoms with Gasteiger partial charge in [0, 0.05) is 15.6 Å². The van der Waals surface area contributed by atoms with E-state index in [0.29, 0.717) is 17.5 Å². The molecule has 3 aromatic rings. The van der Waals surface area contributed by atoms with Crippen LogP contribution in [0.2, 0.25) is 0 Å². The van der Waals surface area contributed by atoms with E-state index in [1.807, 2.05) is 61.5 Å². The molecule has 0 bridgehead atoms. The number of rotatable bonds is 6. The molecule has 0 N–H and O–H groups in total. The lowest BCUT2D eigenvalue weighted by Gasteiger charge is -2.16. The van der Waals surface area contributed by atoms with Gasteiger partial charge in [-0.25, -0.2) is 0 Å². The van der Waals surface area contributed by atoms with E-state index < -0.39 is 5.92 Å². The fourth-order valence-electron chi connectivity index (χ4n) is 2.88. The zero-order valence-corrected chi connectivity index (χ0v) is 16.1. The minimum Gasteiger partial charge on any atom is -0.293 e. The van der Waals surface area contributed by atoms with Gasteiger partial charge in [0.15, 0.2) is 11.6 Å². The average Bonchev–Trinajstić information content (AvgIpc) is 2.68. The Labute approximate surface area is 162 Å². The highest BCUT2D eigenvalue weighted by atomic mass is 79.9. The molecule has 2 nitrogen and oxygen atoms in total. The first kappa shape index (κ1) is 18.3. The van der Waals surface area contributed by atoms with Gasteiger partial charge in [-0.2, -0.15) is 0 Å². The fourth-order valence-corrected chi connectivity index (χ4v) is 3.15. The molecule has 1 atom stereocenters. The van der Waals surface area contributed by atoms with Gasteiger partial charge in [0.25, 0.3) is 0 Å². The van der Waals surface area contributed by atoms with Gasteiger partial charge < -0.3 is 0 Å². The number of carbonyl (C=O) groups excluding carboxylic acids is 2. The Balaban J connectivity index is 1.94. The van der Waals surface area contributed by atoms with Crippen LogP contribution in [0.4, 0.5) is 0 Å². The molecule has 0 spiro atoms. The Morgan fingerprint density at radius 1 is 0.769 bits per heavy atom. The van der Waals surface area contributed by atoms with Crippen LogP contribution in [0.3, 0.4) is 0 Å². The summed E-state index contributed by atoms with van der Waals surface area (Å²) in [5.74, 6) is -1.02. The van der Waals surface area contributed by atoms with Crippen molar-refractivity contribution in [3.05, 3.63) is 106 Å². The number of hydrogen-bond acceptors (Lipinski definition) is 2. The van der Waals surface area contributed by atoms with E-state index in [1.54, 1.807) is 24.3 Å². The highest BCUT2D eigenvalue weighted by Gasteiger charge is 2.28. The van der Waals surface area contributed by atoms with Crippen LogP contribution in [-0.2, 0) is 6.42 Å². The molecule has 0 radical (unpaired) electrons. The molecule has 0 aliphatic carbocycles. The van der Waals surface area contributed by atoms with Gasteiger partial charge in [0.05, 0.1) is 5.92 Å². The van der Waals surface area contributed by atoms with Crippen molar-refractivity contribution in [2.75, 3.05) is 0 Å². The summed E-state index contributed by atoms with van der Waals surface area (Å²) in [4.78, 5) is 26.2. The van der Waals surface area contributed by atoms with E-state index >= 15 is 0 Å². The van der Waals surface area contributed by atoms with Gasteiger partial charge in [-0.3, -0.25) is 9.59 Å². The largest absolute Gasteiger partial charge is 0.293 e. The molecule has 0 saturated heterocycles. The van der Waals surface area contributed by atoms with Crippen molar-refractivity contribution in [1.29, 1.82) is 0 Å². The average molecular weight is 407 g/mol. The summed E-state index contributed by atoms with van der Waals surface area (Å²) in [6, 6.07) is 24.2. The van der Waals surface area contributed by atoms with Crippen LogP contribution in [0.25, 0.3) is 0 Å². The Bertz CT molecular complexity index is 897. The Hall–Kier alpha value is -2.52. The minimum absolute atomic E-state index is 0.140. The third-order valence-corrected chi connectivity index (χ3v) is 4.91. The van der Waals surface area contributed by atoms with E-state index in [9.17, 15) is 9.59 Å². The van der Waals surface area contributed by atoms with Crippen molar-refractivity contribution in [2.24, 2.45) is 5.92 Å². The van der Waals surface area contributed by atoms with Crippen molar-refractivity contribution in [3.8, 4) is 0 Å². The first-order valence-electron chi connectivity index (χ1n) is 8.49. The number of benzene rings is 3. The summed E-state index contributed by atoms with van der Waals surface area (Å²) in [5, 5.41) is 0. The molecule has 0 heterocycles. The van der Waals surface area contributed by atoms with Crippen LogP contribution in [-0.4, -0.2) is 11.6 Å². The van der Waals surface area contributed by atoms with Crippen LogP contribution in [0, 0.1) is 12.8 Å². The Morgan fingerprint density at radius 2 is 1.31 bits per heavy atom. The number of halogens is 1. The first-order valence-corrected chi connectivity index (χ1v) is 9.28. The lowest BCUT2D eigenvalue weighted by atomic mass is 9.85. The predicted octanol–water partition coefficient (Wildman–Crippen LogP) is 5.68. The van der Waals surface area contributed by atoms with E-state index in [1.165, 1.54) is 0 Å². The molecule has 0 aliphatic rings. The first-order chi connectivity index (χ1) is 12.5. The van der Waals surface area contributed by atoms with Gasteiger partial charge >= 0.3 is 0 Å². The van der Waals surface area contributed by atoms with Crippen LogP contribution in [0.1, 0.15) is 31.8 Å². The van der Waals surface area contributed by atoms with Crippen LogP contribution >= 0.6 is 15.9 Å². The van der Waals surface area contributed by atoms with Crippen LogP contribution in [0.15, 0.2) is 83.3 Å². The maximum absolute atomic E-state index is 13.1. The second kappa shape index (κ2) is 8.24. The molecule has 3 rings (SSSR count). The second-order valence-electron chi connectivity index (χ2n) is 6.34. The van der Waals surface area contributed by atoms with Gasteiger partial charge in [-0.1, -0.05) is 88.2 Å². The fraction of sp³-hybridized carbons (Fsp3) is 0.130. The maximum Gasteiger partial charge on any atom is 0.174 e. The van der Waals surface area contributed by atoms with Crippen molar-refractivity contribution in [3.63, 3.8) is 0 Å². The Kier molecular flexibility index (Phi) is 5.79. The molecule has 3 aromatic carbocycles. The Morgan fingerprint density at radius 3 is 1.88 bits per heavy atom. The predicted molar refractivity (Wildman–Crippen MR) is 108 cm³/mol. The highest BCUT2D eigenvalue weighted by Crippen LogP contribution is 2.21. The zero-order valence-electron chi connectivity index (χ0n) is 14.5. The molecule has 1 unspecified atom stereocenters. The topological polar surface area (TPSA) is 34.1 Å². The zero-order chi connectivity index (χ0) is 18.5. The number of Topliss-reactive ketones (excluding diaryl/α,β-unsaturated/α-hetero) is 2. The highest BCUT2D eigenvalue weighted by molar-refractivity contribution is 9.10. The standard InChI is InChI=1S/C23H19BrO2/c1-16-7-9-17(10-8-16)15-21(22(25)18-5-3-2-4-6-18)23(26)19-11-13-20(24)14-12-19/h2-14,21H,15H2,1H3. The van der Waals surface area contributed by atoms with Gasteiger partial charge in [0.1, 0.15) is 0 Å². The van der Waals surface area contributed by atoms with Gasteiger partial charge in [0.2, 0.25) is 0 Å². The number of ketones is 2. The van der Waals surface area contributed by atoms with Crippen molar-refractivity contribution in [1.82, 2.24) is 0 Å². The number of hydrogen-bond donors (Lipinski definition) is 0. The molecule has 3 heteroatoms. The van der Waals surface area contributed by atoms with Crippen LogP contribution in [0.5, 0.6) is 0 Å². The molecule has 0 saturated carbocycles. The van der Waals surface area contributed by atoms with Gasteiger partial charge in [-0.15, -0.1) is 0 Å². The normalized spacial score (nSPS) is 11.8. The van der Waals surface area contributed by atoms with E-state index in [0.717, 1.165) is 15.6 Å². The van der Waals surface area contributed by atoms with Crippen molar-refractivity contribution in [2.45, 2.75) is 13.3 Å². The smallest absolute Gasteiger partial charge is 0.174 e. The number of carbonyl (C=O) groups is 2. The lowest BCUT2D eigenvalue weighted by molar-refractivity contribution is 0.0806. The molecule has 26 heavy (non-hydrogen) atoms. The second-order valence-corrected chi connectivity index (χ2v) is 7.26. The molecular formula is C23H19BrO2. The van der Waals surface area contributed by atoms with Crippen molar-refractivity contribution < 1.29 is 9.59 Å².